The van der Waals surface area contributed by atoms with E-state index in [0.717, 1.165) is 11.3 Å². The van der Waals surface area contributed by atoms with Crippen molar-refractivity contribution in [3.63, 3.8) is 0 Å². The van der Waals surface area contributed by atoms with Gasteiger partial charge in [0.15, 0.2) is 0 Å². The number of anilines is 1. The van der Waals surface area contributed by atoms with Crippen LogP contribution in [0.1, 0.15) is 25.3 Å². The Morgan fingerprint density at radius 1 is 1.10 bits per heavy atom. The molecule has 1 aliphatic heterocycles. The molecule has 1 saturated heterocycles. The van der Waals surface area contributed by atoms with Crippen molar-refractivity contribution in [2.75, 3.05) is 32.2 Å². The molecule has 1 aliphatic rings. The van der Waals surface area contributed by atoms with Crippen molar-refractivity contribution in [2.45, 2.75) is 30.1 Å². The number of rotatable bonds is 7. The summed E-state index contributed by atoms with van der Waals surface area (Å²) in [4.78, 5) is 11.3. The van der Waals surface area contributed by atoms with Crippen molar-refractivity contribution in [2.24, 2.45) is 0 Å². The molecule has 0 spiro atoms. The zero-order chi connectivity index (χ0) is 20.9. The Balaban J connectivity index is 1.83. The average Bonchev–Trinajstić information content (AvgIpc) is 2.73. The minimum absolute atomic E-state index is 0.147. The molecule has 3 rings (SSSR count). The second-order valence-corrected chi connectivity index (χ2v) is 8.89. The molecule has 1 amide bonds. The second kappa shape index (κ2) is 8.94. The lowest BCUT2D eigenvalue weighted by molar-refractivity contribution is -0.114. The van der Waals surface area contributed by atoms with E-state index in [1.807, 2.05) is 24.3 Å². The fraction of sp³-hybridized carbons (Fsp3) is 0.381. The quantitative estimate of drug-likeness (QED) is 0.721. The summed E-state index contributed by atoms with van der Waals surface area (Å²) in [5.41, 5.74) is 1.12. The summed E-state index contributed by atoms with van der Waals surface area (Å²) in [6.07, 6.45) is 1.38. The van der Waals surface area contributed by atoms with E-state index < -0.39 is 15.4 Å². The molecular weight excluding hydrogens is 392 g/mol. The first-order chi connectivity index (χ1) is 13.9. The van der Waals surface area contributed by atoms with Gasteiger partial charge >= 0.3 is 0 Å². The summed E-state index contributed by atoms with van der Waals surface area (Å²) in [5, 5.41) is 2.63. The van der Waals surface area contributed by atoms with Gasteiger partial charge in [0.25, 0.3) is 0 Å². The van der Waals surface area contributed by atoms with Crippen LogP contribution in [0.2, 0.25) is 0 Å². The van der Waals surface area contributed by atoms with Gasteiger partial charge in [-0.05, 0) is 43.2 Å². The van der Waals surface area contributed by atoms with Crippen molar-refractivity contribution in [3.8, 4) is 5.75 Å². The maximum absolute atomic E-state index is 12.9. The maximum Gasteiger partial charge on any atom is 0.240 e. The molecule has 0 aromatic heterocycles. The van der Waals surface area contributed by atoms with E-state index in [0.29, 0.717) is 31.7 Å². The molecule has 2 aromatic carbocycles. The zero-order valence-electron chi connectivity index (χ0n) is 16.6. The Kier molecular flexibility index (Phi) is 6.56. The molecule has 2 N–H and O–H groups in total. The molecule has 1 fully saturated rings. The largest absolute Gasteiger partial charge is 0.496 e. The highest BCUT2D eigenvalue weighted by Gasteiger charge is 2.37. The summed E-state index contributed by atoms with van der Waals surface area (Å²) in [7, 11) is -2.10. The van der Waals surface area contributed by atoms with E-state index in [9.17, 15) is 13.2 Å². The lowest BCUT2D eigenvalue weighted by atomic mass is 9.74. The average molecular weight is 419 g/mol. The number of ether oxygens (including phenoxy) is 2. The minimum atomic E-state index is -3.71. The molecule has 0 unspecified atom stereocenters. The predicted octanol–water partition coefficient (Wildman–Crippen LogP) is 2.68. The summed E-state index contributed by atoms with van der Waals surface area (Å²) in [6, 6.07) is 13.8. The van der Waals surface area contributed by atoms with Crippen molar-refractivity contribution < 1.29 is 22.7 Å². The van der Waals surface area contributed by atoms with Gasteiger partial charge in [-0.1, -0.05) is 18.2 Å². The third-order valence-electron chi connectivity index (χ3n) is 5.21. The van der Waals surface area contributed by atoms with Crippen molar-refractivity contribution >= 4 is 21.6 Å². The number of amides is 1. The minimum Gasteiger partial charge on any atom is -0.496 e. The predicted molar refractivity (Wildman–Crippen MR) is 111 cm³/mol. The van der Waals surface area contributed by atoms with Gasteiger partial charge in [0, 0.05) is 43.3 Å². The first-order valence-corrected chi connectivity index (χ1v) is 10.9. The van der Waals surface area contributed by atoms with Gasteiger partial charge in [-0.2, -0.15) is 0 Å². The molecule has 29 heavy (non-hydrogen) atoms. The third kappa shape index (κ3) is 4.95. The third-order valence-corrected chi connectivity index (χ3v) is 6.63. The van der Waals surface area contributed by atoms with Gasteiger partial charge in [0.05, 0.1) is 12.0 Å². The number of para-hydroxylation sites is 1. The number of benzene rings is 2. The number of carbonyl (C=O) groups excluding carboxylic acids is 1. The zero-order valence-corrected chi connectivity index (χ0v) is 17.4. The van der Waals surface area contributed by atoms with Crippen LogP contribution in [0, 0.1) is 0 Å². The van der Waals surface area contributed by atoms with E-state index in [1.54, 1.807) is 19.2 Å². The van der Waals surface area contributed by atoms with Crippen molar-refractivity contribution in [1.29, 1.82) is 0 Å². The normalized spacial score (nSPS) is 16.2. The van der Waals surface area contributed by atoms with Crippen LogP contribution in [-0.4, -0.2) is 41.2 Å². The SMILES string of the molecule is COc1ccccc1C1(CNS(=O)(=O)c2ccc(NC(C)=O)cc2)CCOCC1. The number of sulfonamides is 1. The Morgan fingerprint density at radius 3 is 2.38 bits per heavy atom. The summed E-state index contributed by atoms with van der Waals surface area (Å²) >= 11 is 0. The highest BCUT2D eigenvalue weighted by Crippen LogP contribution is 2.39. The summed E-state index contributed by atoms with van der Waals surface area (Å²) < 4.78 is 39.6. The Hall–Kier alpha value is -2.42. The number of methoxy groups -OCH3 is 1. The fourth-order valence-corrected chi connectivity index (χ4v) is 4.75. The van der Waals surface area contributed by atoms with Crippen LogP contribution in [0.25, 0.3) is 0 Å². The highest BCUT2D eigenvalue weighted by atomic mass is 32.2. The molecule has 0 radical (unpaired) electrons. The standard InChI is InChI=1S/C21H26N2O5S/c1-16(24)23-17-7-9-18(10-8-17)29(25,26)22-15-21(11-13-28-14-12-21)19-5-3-4-6-20(19)27-2/h3-10,22H,11-15H2,1-2H3,(H,23,24). The van der Waals surface area contributed by atoms with Gasteiger partial charge < -0.3 is 14.8 Å². The topological polar surface area (TPSA) is 93.7 Å². The van der Waals surface area contributed by atoms with Crippen molar-refractivity contribution in [3.05, 3.63) is 54.1 Å². The first kappa shape index (κ1) is 21.3. The van der Waals surface area contributed by atoms with Gasteiger partial charge in [0.1, 0.15) is 5.75 Å². The highest BCUT2D eigenvalue weighted by molar-refractivity contribution is 7.89. The van der Waals surface area contributed by atoms with E-state index >= 15 is 0 Å². The molecule has 0 saturated carbocycles. The molecule has 7 nitrogen and oxygen atoms in total. The number of hydrogen-bond donors (Lipinski definition) is 2. The van der Waals surface area contributed by atoms with Crippen LogP contribution in [0.15, 0.2) is 53.4 Å². The van der Waals surface area contributed by atoms with Crippen LogP contribution in [-0.2, 0) is 25.0 Å². The summed E-state index contributed by atoms with van der Waals surface area (Å²) in [6.45, 7) is 2.76. The first-order valence-electron chi connectivity index (χ1n) is 9.45. The lowest BCUT2D eigenvalue weighted by Crippen LogP contribution is -2.44. The molecule has 156 valence electrons. The van der Waals surface area contributed by atoms with Gasteiger partial charge in [-0.3, -0.25) is 4.79 Å². The number of nitrogens with one attached hydrogen (secondary N) is 2. The Morgan fingerprint density at radius 2 is 1.76 bits per heavy atom. The van der Waals surface area contributed by atoms with E-state index in [4.69, 9.17) is 9.47 Å². The van der Waals surface area contributed by atoms with E-state index in [2.05, 4.69) is 10.0 Å². The molecule has 8 heteroatoms. The lowest BCUT2D eigenvalue weighted by Gasteiger charge is -2.38. The molecule has 0 bridgehead atoms. The van der Waals surface area contributed by atoms with Crippen LogP contribution in [0.5, 0.6) is 5.75 Å². The van der Waals surface area contributed by atoms with Gasteiger partial charge in [-0.25, -0.2) is 13.1 Å². The second-order valence-electron chi connectivity index (χ2n) is 7.12. The van der Waals surface area contributed by atoms with Crippen LogP contribution >= 0.6 is 0 Å². The number of hydrogen-bond acceptors (Lipinski definition) is 5. The molecule has 0 aliphatic carbocycles. The van der Waals surface area contributed by atoms with Crippen LogP contribution in [0.3, 0.4) is 0 Å². The Bertz CT molecular complexity index is 951. The van der Waals surface area contributed by atoms with Crippen LogP contribution < -0.4 is 14.8 Å². The Labute approximate surface area is 171 Å². The van der Waals surface area contributed by atoms with Crippen molar-refractivity contribution in [1.82, 2.24) is 4.72 Å². The van der Waals surface area contributed by atoms with Gasteiger partial charge in [0.2, 0.25) is 15.9 Å². The van der Waals surface area contributed by atoms with Gasteiger partial charge in [-0.15, -0.1) is 0 Å². The molecule has 0 atom stereocenters. The molecular formula is C21H26N2O5S. The van der Waals surface area contributed by atoms with E-state index in [-0.39, 0.29) is 17.3 Å². The molecule has 2 aromatic rings. The summed E-state index contributed by atoms with van der Waals surface area (Å²) in [5.74, 6) is 0.533. The van der Waals surface area contributed by atoms with Crippen LogP contribution in [0.4, 0.5) is 5.69 Å². The van der Waals surface area contributed by atoms with E-state index in [1.165, 1.54) is 19.1 Å². The maximum atomic E-state index is 12.9. The molecule has 1 heterocycles. The monoisotopic (exact) mass is 418 g/mol. The fourth-order valence-electron chi connectivity index (χ4n) is 3.62. The smallest absolute Gasteiger partial charge is 0.240 e. The number of carbonyl (C=O) groups is 1.